The van der Waals surface area contributed by atoms with Gasteiger partial charge in [-0.1, -0.05) is 26.0 Å². The Morgan fingerprint density at radius 1 is 1.27 bits per heavy atom. The Hall–Kier alpha value is -1.11. The molecular weight excluding hydrogens is 184 g/mol. The van der Waals surface area contributed by atoms with Crippen molar-refractivity contribution in [2.75, 3.05) is 0 Å². The Kier molecular flexibility index (Phi) is 3.67. The number of rotatable bonds is 3. The fraction of sp³-hybridized carbons (Fsp3) is 0.500. The summed E-state index contributed by atoms with van der Waals surface area (Å²) in [7, 11) is 0. The topological polar surface area (TPSA) is 17.1 Å². The molecule has 1 rings (SSSR count). The molecule has 1 nitrogen and oxygen atoms in total. The molecule has 0 aliphatic rings. The normalized spacial score (nSPS) is 10.8. The molecule has 1 heteroatoms. The summed E-state index contributed by atoms with van der Waals surface area (Å²) in [6, 6.07) is 4.40. The number of aryl methyl sites for hydroxylation is 1. The molecule has 0 amide bonds. The van der Waals surface area contributed by atoms with Crippen LogP contribution in [0.4, 0.5) is 0 Å². The lowest BCUT2D eigenvalue weighted by Gasteiger charge is -2.13. The summed E-state index contributed by atoms with van der Waals surface area (Å²) < 4.78 is 0. The van der Waals surface area contributed by atoms with Crippen molar-refractivity contribution in [2.45, 2.75) is 47.0 Å². The minimum Gasteiger partial charge on any atom is -0.300 e. The van der Waals surface area contributed by atoms with E-state index in [1.807, 2.05) is 0 Å². The zero-order valence-corrected chi connectivity index (χ0v) is 10.3. The minimum absolute atomic E-state index is 0.235. The van der Waals surface area contributed by atoms with Crippen molar-refractivity contribution in [3.63, 3.8) is 0 Å². The summed E-state index contributed by atoms with van der Waals surface area (Å²) in [4.78, 5) is 11.2. The molecule has 0 fully saturated rings. The van der Waals surface area contributed by atoms with Gasteiger partial charge < -0.3 is 0 Å². The Morgan fingerprint density at radius 2 is 1.87 bits per heavy atom. The van der Waals surface area contributed by atoms with E-state index in [1.165, 1.54) is 22.3 Å². The van der Waals surface area contributed by atoms with Crippen LogP contribution in [0, 0.1) is 13.8 Å². The molecular formula is C14H20O. The van der Waals surface area contributed by atoms with E-state index in [4.69, 9.17) is 0 Å². The van der Waals surface area contributed by atoms with Gasteiger partial charge in [-0.25, -0.2) is 0 Å². The van der Waals surface area contributed by atoms with Gasteiger partial charge in [-0.3, -0.25) is 4.79 Å². The van der Waals surface area contributed by atoms with Crippen LogP contribution in [-0.4, -0.2) is 5.78 Å². The van der Waals surface area contributed by atoms with Crippen LogP contribution in [-0.2, 0) is 11.2 Å². The number of carbonyl (C=O) groups is 1. The number of ketones is 1. The van der Waals surface area contributed by atoms with Crippen molar-refractivity contribution >= 4 is 5.78 Å². The second-order valence-corrected chi connectivity index (χ2v) is 4.66. The van der Waals surface area contributed by atoms with Gasteiger partial charge in [0.1, 0.15) is 5.78 Å². The predicted octanol–water partition coefficient (Wildman–Crippen LogP) is 3.56. The Bertz CT molecular complexity index is 375. The summed E-state index contributed by atoms with van der Waals surface area (Å²) in [5, 5.41) is 0. The predicted molar refractivity (Wildman–Crippen MR) is 64.4 cm³/mol. The third-order valence-corrected chi connectivity index (χ3v) is 2.90. The first-order valence-corrected chi connectivity index (χ1v) is 5.51. The second-order valence-electron chi connectivity index (χ2n) is 4.66. The molecule has 0 aliphatic heterocycles. The first-order chi connectivity index (χ1) is 6.91. The Balaban J connectivity index is 3.18. The number of Topliss-reactive ketones (excluding diaryl/α,β-unsaturated/α-hetero) is 1. The fourth-order valence-electron chi connectivity index (χ4n) is 1.75. The summed E-state index contributed by atoms with van der Waals surface area (Å²) in [6.07, 6.45) is 0.563. The highest BCUT2D eigenvalue weighted by molar-refractivity contribution is 5.78. The fourth-order valence-corrected chi connectivity index (χ4v) is 1.75. The van der Waals surface area contributed by atoms with E-state index >= 15 is 0 Å². The van der Waals surface area contributed by atoms with E-state index in [0.717, 1.165) is 0 Å². The number of hydrogen-bond acceptors (Lipinski definition) is 1. The van der Waals surface area contributed by atoms with Gasteiger partial charge in [0.15, 0.2) is 0 Å². The maximum atomic E-state index is 11.2. The van der Waals surface area contributed by atoms with E-state index in [-0.39, 0.29) is 5.78 Å². The molecule has 1 aromatic rings. The van der Waals surface area contributed by atoms with Gasteiger partial charge in [-0.05, 0) is 48.9 Å². The van der Waals surface area contributed by atoms with E-state index in [0.29, 0.717) is 12.3 Å². The third-order valence-electron chi connectivity index (χ3n) is 2.90. The van der Waals surface area contributed by atoms with Crippen molar-refractivity contribution < 1.29 is 4.79 Å². The highest BCUT2D eigenvalue weighted by Crippen LogP contribution is 2.22. The number of hydrogen-bond donors (Lipinski definition) is 0. The first-order valence-electron chi connectivity index (χ1n) is 5.51. The Labute approximate surface area is 92.5 Å². The molecule has 15 heavy (non-hydrogen) atoms. The lowest BCUT2D eigenvalue weighted by atomic mass is 9.92. The summed E-state index contributed by atoms with van der Waals surface area (Å²) in [6.45, 7) is 10.2. The van der Waals surface area contributed by atoms with E-state index < -0.39 is 0 Å². The van der Waals surface area contributed by atoms with Crippen LogP contribution in [0.2, 0.25) is 0 Å². The monoisotopic (exact) mass is 204 g/mol. The molecule has 0 radical (unpaired) electrons. The molecule has 0 aliphatic carbocycles. The molecule has 0 atom stereocenters. The zero-order valence-electron chi connectivity index (χ0n) is 10.3. The van der Waals surface area contributed by atoms with Gasteiger partial charge in [0.05, 0.1) is 0 Å². The standard InChI is InChI=1S/C14H20O/c1-9(2)13-6-10(3)12(5)14(8-13)7-11(4)15/h6,8-9H,7H2,1-5H3. The van der Waals surface area contributed by atoms with Gasteiger partial charge in [-0.15, -0.1) is 0 Å². The first kappa shape index (κ1) is 12.0. The van der Waals surface area contributed by atoms with Crippen LogP contribution in [0.3, 0.4) is 0 Å². The van der Waals surface area contributed by atoms with Gasteiger partial charge in [0, 0.05) is 6.42 Å². The molecule has 0 spiro atoms. The molecule has 0 saturated carbocycles. The second kappa shape index (κ2) is 4.61. The Morgan fingerprint density at radius 3 is 2.33 bits per heavy atom. The summed E-state index contributed by atoms with van der Waals surface area (Å²) >= 11 is 0. The maximum absolute atomic E-state index is 11.2. The van der Waals surface area contributed by atoms with Crippen molar-refractivity contribution in [2.24, 2.45) is 0 Å². The van der Waals surface area contributed by atoms with Crippen LogP contribution >= 0.6 is 0 Å². The highest BCUT2D eigenvalue weighted by Gasteiger charge is 2.08. The van der Waals surface area contributed by atoms with E-state index in [2.05, 4.69) is 39.8 Å². The molecule has 0 heterocycles. The number of carbonyl (C=O) groups excluding carboxylic acids is 1. The van der Waals surface area contributed by atoms with E-state index in [1.54, 1.807) is 6.92 Å². The maximum Gasteiger partial charge on any atom is 0.134 e. The quantitative estimate of drug-likeness (QED) is 0.735. The molecule has 1 aromatic carbocycles. The van der Waals surface area contributed by atoms with Crippen molar-refractivity contribution in [3.8, 4) is 0 Å². The largest absolute Gasteiger partial charge is 0.300 e. The third kappa shape index (κ3) is 2.92. The minimum atomic E-state index is 0.235. The average Bonchev–Trinajstić information content (AvgIpc) is 2.11. The highest BCUT2D eigenvalue weighted by atomic mass is 16.1. The van der Waals surface area contributed by atoms with Crippen molar-refractivity contribution in [3.05, 3.63) is 34.4 Å². The van der Waals surface area contributed by atoms with Gasteiger partial charge in [0.25, 0.3) is 0 Å². The van der Waals surface area contributed by atoms with Crippen LogP contribution in [0.15, 0.2) is 12.1 Å². The summed E-state index contributed by atoms with van der Waals surface area (Å²) in [5.41, 5.74) is 5.06. The van der Waals surface area contributed by atoms with Crippen molar-refractivity contribution in [1.29, 1.82) is 0 Å². The number of benzene rings is 1. The SMILES string of the molecule is CC(=O)Cc1cc(C(C)C)cc(C)c1C. The molecule has 0 bridgehead atoms. The lowest BCUT2D eigenvalue weighted by molar-refractivity contribution is -0.116. The molecule has 82 valence electrons. The van der Waals surface area contributed by atoms with Crippen LogP contribution in [0.25, 0.3) is 0 Å². The summed E-state index contributed by atoms with van der Waals surface area (Å²) in [5.74, 6) is 0.758. The van der Waals surface area contributed by atoms with Gasteiger partial charge in [-0.2, -0.15) is 0 Å². The van der Waals surface area contributed by atoms with Gasteiger partial charge >= 0.3 is 0 Å². The molecule has 0 N–H and O–H groups in total. The van der Waals surface area contributed by atoms with Crippen LogP contribution < -0.4 is 0 Å². The molecule has 0 unspecified atom stereocenters. The molecule has 0 aromatic heterocycles. The molecule has 0 saturated heterocycles. The van der Waals surface area contributed by atoms with Crippen molar-refractivity contribution in [1.82, 2.24) is 0 Å². The zero-order chi connectivity index (χ0) is 11.6. The lowest BCUT2D eigenvalue weighted by Crippen LogP contribution is -2.02. The van der Waals surface area contributed by atoms with Gasteiger partial charge in [0.2, 0.25) is 0 Å². The van der Waals surface area contributed by atoms with Crippen LogP contribution in [0.5, 0.6) is 0 Å². The average molecular weight is 204 g/mol. The van der Waals surface area contributed by atoms with Crippen LogP contribution in [0.1, 0.15) is 48.9 Å². The smallest absolute Gasteiger partial charge is 0.134 e. The van der Waals surface area contributed by atoms with E-state index in [9.17, 15) is 4.79 Å².